The second-order valence-corrected chi connectivity index (χ2v) is 5.25. The molecule has 22 heavy (non-hydrogen) atoms. The molecule has 0 radical (unpaired) electrons. The second kappa shape index (κ2) is 5.14. The van der Waals surface area contributed by atoms with Crippen molar-refractivity contribution in [1.29, 1.82) is 0 Å². The fourth-order valence-electron chi connectivity index (χ4n) is 2.30. The van der Waals surface area contributed by atoms with Gasteiger partial charge in [-0.1, -0.05) is 0 Å². The minimum Gasteiger partial charge on any atom is -0.505 e. The van der Waals surface area contributed by atoms with E-state index in [-0.39, 0.29) is 34.2 Å². The SMILES string of the molecule is CC(C)n1cc(C(=O)c2ccc3ocnc3c2O)ccc1=O. The van der Waals surface area contributed by atoms with E-state index in [0.29, 0.717) is 11.1 Å². The summed E-state index contributed by atoms with van der Waals surface area (Å²) in [5.74, 6) is -0.602. The Morgan fingerprint density at radius 1 is 1.27 bits per heavy atom. The normalized spacial score (nSPS) is 11.2. The highest BCUT2D eigenvalue weighted by atomic mass is 16.3. The highest BCUT2D eigenvalue weighted by molar-refractivity contribution is 6.12. The van der Waals surface area contributed by atoms with Crippen LogP contribution in [0.2, 0.25) is 0 Å². The summed E-state index contributed by atoms with van der Waals surface area (Å²) in [6.07, 6.45) is 2.71. The predicted molar refractivity (Wildman–Crippen MR) is 80.2 cm³/mol. The number of rotatable bonds is 3. The summed E-state index contributed by atoms with van der Waals surface area (Å²) < 4.78 is 6.55. The lowest BCUT2D eigenvalue weighted by molar-refractivity contribution is 0.103. The summed E-state index contributed by atoms with van der Waals surface area (Å²) in [4.78, 5) is 28.2. The van der Waals surface area contributed by atoms with Gasteiger partial charge < -0.3 is 14.1 Å². The third-order valence-electron chi connectivity index (χ3n) is 3.48. The first-order valence-corrected chi connectivity index (χ1v) is 6.81. The number of phenolic OH excluding ortho intramolecular Hbond substituents is 1. The number of aromatic hydroxyl groups is 1. The third-order valence-corrected chi connectivity index (χ3v) is 3.48. The molecular formula is C16H14N2O4. The van der Waals surface area contributed by atoms with E-state index in [4.69, 9.17) is 4.42 Å². The zero-order valence-corrected chi connectivity index (χ0v) is 12.1. The number of oxazole rings is 1. The molecule has 6 nitrogen and oxygen atoms in total. The van der Waals surface area contributed by atoms with Gasteiger partial charge in [-0.25, -0.2) is 4.98 Å². The lowest BCUT2D eigenvalue weighted by atomic mass is 10.0. The molecule has 1 N–H and O–H groups in total. The number of phenols is 1. The van der Waals surface area contributed by atoms with Crippen molar-refractivity contribution < 1.29 is 14.3 Å². The monoisotopic (exact) mass is 298 g/mol. The van der Waals surface area contributed by atoms with Crippen LogP contribution in [-0.4, -0.2) is 20.4 Å². The van der Waals surface area contributed by atoms with Gasteiger partial charge in [-0.3, -0.25) is 9.59 Å². The zero-order chi connectivity index (χ0) is 15.9. The van der Waals surface area contributed by atoms with Gasteiger partial charge in [0.25, 0.3) is 5.56 Å². The van der Waals surface area contributed by atoms with Crippen LogP contribution >= 0.6 is 0 Å². The summed E-state index contributed by atoms with van der Waals surface area (Å²) in [5, 5.41) is 10.2. The lowest BCUT2D eigenvalue weighted by Gasteiger charge is -2.11. The van der Waals surface area contributed by atoms with Crippen molar-refractivity contribution in [3.8, 4) is 5.75 Å². The molecule has 3 rings (SSSR count). The van der Waals surface area contributed by atoms with Crippen molar-refractivity contribution in [2.75, 3.05) is 0 Å². The molecule has 0 aliphatic carbocycles. The molecule has 0 spiro atoms. The Bertz CT molecular complexity index is 921. The van der Waals surface area contributed by atoms with Crippen LogP contribution in [0.3, 0.4) is 0 Å². The number of nitrogens with zero attached hydrogens (tertiary/aromatic N) is 2. The molecule has 0 saturated carbocycles. The Hall–Kier alpha value is -2.89. The van der Waals surface area contributed by atoms with E-state index < -0.39 is 0 Å². The summed E-state index contributed by atoms with van der Waals surface area (Å²) >= 11 is 0. The van der Waals surface area contributed by atoms with Crippen molar-refractivity contribution >= 4 is 16.9 Å². The minimum absolute atomic E-state index is 0.0631. The highest BCUT2D eigenvalue weighted by Gasteiger charge is 2.18. The van der Waals surface area contributed by atoms with E-state index in [2.05, 4.69) is 4.98 Å². The molecule has 0 atom stereocenters. The molecule has 0 fully saturated rings. The number of fused-ring (bicyclic) bond motifs is 1. The number of ketones is 1. The second-order valence-electron chi connectivity index (χ2n) is 5.25. The van der Waals surface area contributed by atoms with Crippen LogP contribution < -0.4 is 5.56 Å². The van der Waals surface area contributed by atoms with Crippen molar-refractivity contribution in [2.24, 2.45) is 0 Å². The fourth-order valence-corrected chi connectivity index (χ4v) is 2.30. The van der Waals surface area contributed by atoms with Gasteiger partial charge in [-0.05, 0) is 32.0 Å². The van der Waals surface area contributed by atoms with Gasteiger partial charge in [0.1, 0.15) is 0 Å². The first-order valence-electron chi connectivity index (χ1n) is 6.81. The largest absolute Gasteiger partial charge is 0.505 e. The number of pyridine rings is 1. The first kappa shape index (κ1) is 14.1. The number of hydrogen-bond donors (Lipinski definition) is 1. The maximum absolute atomic E-state index is 12.6. The molecule has 0 amide bonds. The van der Waals surface area contributed by atoms with Gasteiger partial charge >= 0.3 is 0 Å². The zero-order valence-electron chi connectivity index (χ0n) is 12.1. The maximum atomic E-state index is 12.6. The van der Waals surface area contributed by atoms with E-state index in [1.807, 2.05) is 13.8 Å². The average Bonchev–Trinajstić information content (AvgIpc) is 2.96. The third kappa shape index (κ3) is 2.18. The lowest BCUT2D eigenvalue weighted by Crippen LogP contribution is -2.22. The quantitative estimate of drug-likeness (QED) is 0.751. The number of hydrogen-bond acceptors (Lipinski definition) is 5. The molecule has 112 valence electrons. The van der Waals surface area contributed by atoms with Gasteiger partial charge in [0.05, 0.1) is 5.56 Å². The molecule has 3 aromatic rings. The Morgan fingerprint density at radius 2 is 2.05 bits per heavy atom. The van der Waals surface area contributed by atoms with Gasteiger partial charge in [-0.2, -0.15) is 0 Å². The molecule has 0 aliphatic heterocycles. The summed E-state index contributed by atoms with van der Waals surface area (Å²) in [5.41, 5.74) is 0.911. The van der Waals surface area contributed by atoms with Gasteiger partial charge in [-0.15, -0.1) is 0 Å². The number of benzene rings is 1. The van der Waals surface area contributed by atoms with Crippen LogP contribution in [0.1, 0.15) is 35.8 Å². The van der Waals surface area contributed by atoms with Crippen molar-refractivity contribution in [1.82, 2.24) is 9.55 Å². The molecule has 1 aromatic carbocycles. The average molecular weight is 298 g/mol. The summed E-state index contributed by atoms with van der Waals surface area (Å²) in [6, 6.07) is 5.80. The summed E-state index contributed by atoms with van der Waals surface area (Å²) in [7, 11) is 0. The number of carbonyl (C=O) groups is 1. The highest BCUT2D eigenvalue weighted by Crippen LogP contribution is 2.29. The van der Waals surface area contributed by atoms with Crippen LogP contribution in [0, 0.1) is 0 Å². The van der Waals surface area contributed by atoms with E-state index in [9.17, 15) is 14.7 Å². The molecule has 0 bridgehead atoms. The van der Waals surface area contributed by atoms with Gasteiger partial charge in [0.2, 0.25) is 0 Å². The smallest absolute Gasteiger partial charge is 0.250 e. The molecule has 2 heterocycles. The van der Waals surface area contributed by atoms with Crippen LogP contribution in [0.15, 0.2) is 46.1 Å². The minimum atomic E-state index is -0.378. The summed E-state index contributed by atoms with van der Waals surface area (Å²) in [6.45, 7) is 3.71. The molecule has 2 aromatic heterocycles. The molecule has 0 aliphatic rings. The van der Waals surface area contributed by atoms with Crippen LogP contribution in [0.4, 0.5) is 0 Å². The predicted octanol–water partition coefficient (Wildman–Crippen LogP) is 2.51. The standard InChI is InChI=1S/C16H14N2O4/c1-9(2)18-7-10(3-6-13(18)19)15(20)11-4-5-12-14(16(11)21)17-8-22-12/h3-9,21H,1-2H3. The Kier molecular flexibility index (Phi) is 3.29. The number of carbonyl (C=O) groups excluding carboxylic acids is 1. The van der Waals surface area contributed by atoms with E-state index in [0.717, 1.165) is 0 Å². The molecule has 0 saturated heterocycles. The Balaban J connectivity index is 2.11. The van der Waals surface area contributed by atoms with Crippen LogP contribution in [0.25, 0.3) is 11.1 Å². The topological polar surface area (TPSA) is 85.3 Å². The molecule has 0 unspecified atom stereocenters. The van der Waals surface area contributed by atoms with E-state index in [1.165, 1.54) is 35.4 Å². The molecule has 6 heteroatoms. The Labute approximate surface area is 125 Å². The van der Waals surface area contributed by atoms with E-state index >= 15 is 0 Å². The maximum Gasteiger partial charge on any atom is 0.250 e. The molecular weight excluding hydrogens is 284 g/mol. The fraction of sp³-hybridized carbons (Fsp3) is 0.188. The first-order chi connectivity index (χ1) is 10.5. The van der Waals surface area contributed by atoms with E-state index in [1.54, 1.807) is 6.07 Å². The van der Waals surface area contributed by atoms with Crippen molar-refractivity contribution in [3.63, 3.8) is 0 Å². The van der Waals surface area contributed by atoms with Crippen LogP contribution in [-0.2, 0) is 0 Å². The van der Waals surface area contributed by atoms with Crippen molar-refractivity contribution in [3.05, 3.63) is 58.3 Å². The van der Waals surface area contributed by atoms with Crippen LogP contribution in [0.5, 0.6) is 5.75 Å². The van der Waals surface area contributed by atoms with Gasteiger partial charge in [0, 0.05) is 23.9 Å². The van der Waals surface area contributed by atoms with Gasteiger partial charge in [0.15, 0.2) is 29.0 Å². The van der Waals surface area contributed by atoms with Crippen molar-refractivity contribution in [2.45, 2.75) is 19.9 Å². The number of aromatic nitrogens is 2. The Morgan fingerprint density at radius 3 is 2.77 bits per heavy atom.